The molecule has 1 unspecified atom stereocenters. The average molecular weight is 397 g/mol. The highest BCUT2D eigenvalue weighted by Gasteiger charge is 2.25. The van der Waals surface area contributed by atoms with E-state index >= 15 is 0 Å². The fraction of sp³-hybridized carbons (Fsp3) is 0.263. The Kier molecular flexibility index (Phi) is 3.94. The summed E-state index contributed by atoms with van der Waals surface area (Å²) in [5.74, 6) is 0.828. The molecule has 0 spiro atoms. The van der Waals surface area contributed by atoms with Gasteiger partial charge in [0.25, 0.3) is 5.56 Å². The van der Waals surface area contributed by atoms with Crippen molar-refractivity contribution in [2.45, 2.75) is 18.9 Å². The molecule has 4 aromatic rings. The zero-order chi connectivity index (χ0) is 19.3. The molecule has 0 saturated carbocycles. The molecule has 1 fully saturated rings. The predicted octanol–water partition coefficient (Wildman–Crippen LogP) is 2.23. The third kappa shape index (κ3) is 2.77. The van der Waals surface area contributed by atoms with Crippen molar-refractivity contribution in [3.63, 3.8) is 0 Å². The van der Waals surface area contributed by atoms with Crippen LogP contribution >= 0.6 is 11.6 Å². The van der Waals surface area contributed by atoms with Crippen LogP contribution in [0, 0.1) is 0 Å². The number of nitrogens with one attached hydrogen (secondary N) is 1. The molecule has 1 N–H and O–H groups in total. The summed E-state index contributed by atoms with van der Waals surface area (Å²) in [6, 6.07) is 6.94. The van der Waals surface area contributed by atoms with Crippen molar-refractivity contribution < 1.29 is 0 Å². The van der Waals surface area contributed by atoms with Crippen molar-refractivity contribution in [3.05, 3.63) is 68.8 Å². The number of aromatic nitrogens is 5. The van der Waals surface area contributed by atoms with Gasteiger partial charge in [-0.1, -0.05) is 11.6 Å². The van der Waals surface area contributed by atoms with Gasteiger partial charge in [-0.05, 0) is 31.0 Å². The second-order valence-corrected chi connectivity index (χ2v) is 7.41. The van der Waals surface area contributed by atoms with Crippen molar-refractivity contribution in [2.24, 2.45) is 0 Å². The lowest BCUT2D eigenvalue weighted by molar-refractivity contribution is 0.390. The molecule has 1 atom stereocenters. The fourth-order valence-corrected chi connectivity index (χ4v) is 4.10. The number of benzene rings is 1. The van der Waals surface area contributed by atoms with Crippen LogP contribution in [0.15, 0.2) is 52.6 Å². The van der Waals surface area contributed by atoms with Crippen LogP contribution < -0.4 is 16.1 Å². The number of piperidine rings is 1. The minimum atomic E-state index is -0.384. The van der Waals surface area contributed by atoms with Crippen LogP contribution in [0.25, 0.3) is 16.6 Å². The van der Waals surface area contributed by atoms with Gasteiger partial charge < -0.3 is 4.90 Å². The lowest BCUT2D eigenvalue weighted by Gasteiger charge is -2.34. The Balaban J connectivity index is 1.59. The van der Waals surface area contributed by atoms with Gasteiger partial charge in [0, 0.05) is 30.4 Å². The lowest BCUT2D eigenvalue weighted by atomic mass is 10.1. The minimum absolute atomic E-state index is 0.0382. The maximum absolute atomic E-state index is 12.2. The van der Waals surface area contributed by atoms with Crippen LogP contribution in [-0.4, -0.2) is 37.0 Å². The predicted molar refractivity (Wildman–Crippen MR) is 107 cm³/mol. The maximum Gasteiger partial charge on any atom is 0.328 e. The van der Waals surface area contributed by atoms with E-state index in [-0.39, 0.29) is 17.3 Å². The molecule has 0 radical (unpaired) electrons. The Morgan fingerprint density at radius 1 is 1.18 bits per heavy atom. The van der Waals surface area contributed by atoms with Crippen molar-refractivity contribution in [1.82, 2.24) is 23.9 Å². The number of nitrogens with zero attached hydrogens (tertiary/aromatic N) is 5. The quantitative estimate of drug-likeness (QED) is 0.561. The standard InChI is InChI=1S/C19H17ClN6O2/c20-12-3-4-14-15(8-12)26-11-21-9-16(26)18(22-14)24-6-1-2-13(10-24)25-7-5-17(27)23-19(25)28/h3-5,7-9,11,13H,1-2,6,10H2,(H,23,27,28). The SMILES string of the molecule is O=c1ccn(C2CCCN(c3nc4ccc(Cl)cc4n4cncc34)C2)c(=O)[nH]1. The van der Waals surface area contributed by atoms with Crippen LogP contribution in [0.3, 0.4) is 0 Å². The van der Waals surface area contributed by atoms with E-state index in [1.54, 1.807) is 23.3 Å². The summed E-state index contributed by atoms with van der Waals surface area (Å²) in [5, 5.41) is 0.646. The first kappa shape index (κ1) is 17.0. The molecule has 8 nitrogen and oxygen atoms in total. The van der Waals surface area contributed by atoms with Gasteiger partial charge in [-0.3, -0.25) is 18.7 Å². The number of fused-ring (bicyclic) bond motifs is 3. The largest absolute Gasteiger partial charge is 0.353 e. The second kappa shape index (κ2) is 6.49. The molecule has 142 valence electrons. The first-order valence-electron chi connectivity index (χ1n) is 9.08. The molecule has 5 rings (SSSR count). The highest BCUT2D eigenvalue weighted by molar-refractivity contribution is 6.31. The molecule has 0 bridgehead atoms. The van der Waals surface area contributed by atoms with Crippen molar-refractivity contribution >= 4 is 34.0 Å². The highest BCUT2D eigenvalue weighted by atomic mass is 35.5. The zero-order valence-corrected chi connectivity index (χ0v) is 15.6. The topological polar surface area (TPSA) is 88.3 Å². The van der Waals surface area contributed by atoms with Crippen LogP contribution in [0.5, 0.6) is 0 Å². The molecule has 0 amide bonds. The Labute approximate surface area is 164 Å². The maximum atomic E-state index is 12.2. The molecule has 1 saturated heterocycles. The average Bonchev–Trinajstić information content (AvgIpc) is 3.18. The van der Waals surface area contributed by atoms with Gasteiger partial charge in [-0.25, -0.2) is 14.8 Å². The van der Waals surface area contributed by atoms with Crippen molar-refractivity contribution in [2.75, 3.05) is 18.0 Å². The summed E-state index contributed by atoms with van der Waals surface area (Å²) < 4.78 is 3.58. The molecule has 4 heterocycles. The summed E-state index contributed by atoms with van der Waals surface area (Å²) >= 11 is 6.16. The molecular weight excluding hydrogens is 380 g/mol. The first-order valence-corrected chi connectivity index (χ1v) is 9.46. The Bertz CT molecular complexity index is 1310. The van der Waals surface area contributed by atoms with E-state index < -0.39 is 0 Å². The lowest BCUT2D eigenvalue weighted by Crippen LogP contribution is -2.41. The van der Waals surface area contributed by atoms with Gasteiger partial charge in [-0.2, -0.15) is 0 Å². The molecule has 0 aliphatic carbocycles. The molecule has 1 aromatic carbocycles. The van der Waals surface area contributed by atoms with E-state index in [1.165, 1.54) is 6.07 Å². The van der Waals surface area contributed by atoms with Gasteiger partial charge in [-0.15, -0.1) is 0 Å². The number of hydrogen-bond acceptors (Lipinski definition) is 5. The van der Waals surface area contributed by atoms with Gasteiger partial charge in [0.1, 0.15) is 5.52 Å². The van der Waals surface area contributed by atoms with Crippen LogP contribution in [0.2, 0.25) is 5.02 Å². The van der Waals surface area contributed by atoms with Gasteiger partial charge in [0.15, 0.2) is 5.82 Å². The van der Waals surface area contributed by atoms with E-state index in [0.29, 0.717) is 11.6 Å². The number of halogens is 1. The Morgan fingerprint density at radius 2 is 2.07 bits per heavy atom. The number of rotatable bonds is 2. The van der Waals surface area contributed by atoms with Crippen LogP contribution in [-0.2, 0) is 0 Å². The van der Waals surface area contributed by atoms with Gasteiger partial charge >= 0.3 is 5.69 Å². The first-order chi connectivity index (χ1) is 13.6. The van der Waals surface area contributed by atoms with E-state index in [2.05, 4.69) is 14.9 Å². The number of anilines is 1. The van der Waals surface area contributed by atoms with E-state index in [0.717, 1.165) is 41.8 Å². The van der Waals surface area contributed by atoms with E-state index in [4.69, 9.17) is 16.6 Å². The zero-order valence-electron chi connectivity index (χ0n) is 14.9. The third-order valence-electron chi connectivity index (χ3n) is 5.23. The van der Waals surface area contributed by atoms with Crippen molar-refractivity contribution in [3.8, 4) is 0 Å². The highest BCUT2D eigenvalue weighted by Crippen LogP contribution is 2.30. The summed E-state index contributed by atoms with van der Waals surface area (Å²) in [7, 11) is 0. The number of aromatic amines is 1. The molecule has 9 heteroatoms. The molecular formula is C19H17ClN6O2. The van der Waals surface area contributed by atoms with E-state index in [9.17, 15) is 9.59 Å². The molecule has 3 aromatic heterocycles. The number of imidazole rings is 1. The van der Waals surface area contributed by atoms with Gasteiger partial charge in [0.05, 0.1) is 29.6 Å². The van der Waals surface area contributed by atoms with Crippen LogP contribution in [0.1, 0.15) is 18.9 Å². The summed E-state index contributed by atoms with van der Waals surface area (Å²) in [5.41, 5.74) is 1.85. The van der Waals surface area contributed by atoms with Gasteiger partial charge in [0.2, 0.25) is 0 Å². The van der Waals surface area contributed by atoms with Crippen molar-refractivity contribution in [1.29, 1.82) is 0 Å². The number of H-pyrrole nitrogens is 1. The summed E-state index contributed by atoms with van der Waals surface area (Å²) in [6.45, 7) is 1.46. The Hall–Kier alpha value is -3.13. The normalized spacial score (nSPS) is 17.5. The molecule has 1 aliphatic heterocycles. The Morgan fingerprint density at radius 3 is 2.93 bits per heavy atom. The van der Waals surface area contributed by atoms with Crippen LogP contribution in [0.4, 0.5) is 5.82 Å². The minimum Gasteiger partial charge on any atom is -0.353 e. The molecule has 28 heavy (non-hydrogen) atoms. The van der Waals surface area contributed by atoms with E-state index in [1.807, 2.05) is 22.6 Å². The third-order valence-corrected chi connectivity index (χ3v) is 5.47. The second-order valence-electron chi connectivity index (χ2n) is 6.98. The number of hydrogen-bond donors (Lipinski definition) is 1. The summed E-state index contributed by atoms with van der Waals surface area (Å²) in [6.07, 6.45) is 6.89. The molecule has 1 aliphatic rings. The smallest absolute Gasteiger partial charge is 0.328 e. The summed E-state index contributed by atoms with van der Waals surface area (Å²) in [4.78, 5) is 37.3. The fourth-order valence-electron chi connectivity index (χ4n) is 3.93. The monoisotopic (exact) mass is 396 g/mol.